The normalized spacial score (nSPS) is 18.6. The monoisotopic (exact) mass is 321 g/mol. The molecule has 3 heteroatoms. The van der Waals surface area contributed by atoms with E-state index in [4.69, 9.17) is 0 Å². The summed E-state index contributed by atoms with van der Waals surface area (Å²) in [5, 5.41) is 5.92. The number of benzene rings is 1. The van der Waals surface area contributed by atoms with Gasteiger partial charge in [0.25, 0.3) is 0 Å². The van der Waals surface area contributed by atoms with Crippen LogP contribution in [0.2, 0.25) is 0 Å². The maximum Gasteiger partial charge on any atom is 0.0334 e. The molecule has 1 atom stereocenters. The molecule has 1 aliphatic carbocycles. The van der Waals surface area contributed by atoms with Crippen molar-refractivity contribution in [1.82, 2.24) is 5.32 Å². The second-order valence-electron chi connectivity index (χ2n) is 4.75. The minimum atomic E-state index is 0.541. The van der Waals surface area contributed by atoms with Crippen LogP contribution in [0.4, 0.5) is 0 Å². The van der Waals surface area contributed by atoms with Crippen LogP contribution >= 0.6 is 27.3 Å². The van der Waals surface area contributed by atoms with Crippen LogP contribution < -0.4 is 5.32 Å². The van der Waals surface area contributed by atoms with E-state index in [0.717, 1.165) is 11.0 Å². The molecule has 0 aliphatic heterocycles. The predicted octanol–water partition coefficient (Wildman–Crippen LogP) is 4.68. The molecule has 1 nitrogen and oxygen atoms in total. The molecule has 1 aromatic heterocycles. The minimum absolute atomic E-state index is 0.541. The Labute approximate surface area is 120 Å². The van der Waals surface area contributed by atoms with Crippen molar-refractivity contribution in [2.45, 2.75) is 31.8 Å². The summed E-state index contributed by atoms with van der Waals surface area (Å²) in [7, 11) is 0. The lowest BCUT2D eigenvalue weighted by Gasteiger charge is -2.23. The van der Waals surface area contributed by atoms with E-state index in [1.165, 1.54) is 30.4 Å². The van der Waals surface area contributed by atoms with Crippen LogP contribution in [-0.2, 0) is 13.0 Å². The van der Waals surface area contributed by atoms with Gasteiger partial charge in [0.05, 0.1) is 0 Å². The van der Waals surface area contributed by atoms with E-state index in [-0.39, 0.29) is 0 Å². The average molecular weight is 322 g/mol. The molecule has 1 N–H and O–H groups in total. The van der Waals surface area contributed by atoms with Crippen LogP contribution in [0.15, 0.2) is 40.2 Å². The molecule has 1 heterocycles. The highest BCUT2D eigenvalue weighted by atomic mass is 79.9. The van der Waals surface area contributed by atoms with Gasteiger partial charge < -0.3 is 5.32 Å². The number of hydrogen-bond donors (Lipinski definition) is 1. The summed E-state index contributed by atoms with van der Waals surface area (Å²) in [6.07, 6.45) is 3.84. The first-order chi connectivity index (χ1) is 8.83. The van der Waals surface area contributed by atoms with Gasteiger partial charge in [-0.05, 0) is 54.0 Å². The Morgan fingerprint density at radius 1 is 1.33 bits per heavy atom. The van der Waals surface area contributed by atoms with Gasteiger partial charge in [-0.2, -0.15) is 0 Å². The van der Waals surface area contributed by atoms with Crippen molar-refractivity contribution < 1.29 is 0 Å². The molecule has 0 fully saturated rings. The van der Waals surface area contributed by atoms with E-state index < -0.39 is 0 Å². The van der Waals surface area contributed by atoms with E-state index in [1.54, 1.807) is 4.88 Å². The highest BCUT2D eigenvalue weighted by molar-refractivity contribution is 9.10. The van der Waals surface area contributed by atoms with E-state index in [2.05, 4.69) is 57.0 Å². The molecule has 18 heavy (non-hydrogen) atoms. The van der Waals surface area contributed by atoms with Gasteiger partial charge in [-0.1, -0.05) is 28.1 Å². The number of rotatable bonds is 3. The van der Waals surface area contributed by atoms with E-state index in [9.17, 15) is 0 Å². The molecule has 1 aliphatic rings. The van der Waals surface area contributed by atoms with Gasteiger partial charge in [0.15, 0.2) is 0 Å². The van der Waals surface area contributed by atoms with Gasteiger partial charge in [-0.3, -0.25) is 0 Å². The molecule has 94 valence electrons. The van der Waals surface area contributed by atoms with Gasteiger partial charge in [-0.25, -0.2) is 0 Å². The molecule has 0 saturated heterocycles. The first kappa shape index (κ1) is 12.4. The fourth-order valence-corrected chi connectivity index (χ4v) is 4.02. The number of aryl methyl sites for hydroxylation is 1. The van der Waals surface area contributed by atoms with Crippen molar-refractivity contribution in [3.8, 4) is 0 Å². The maximum absolute atomic E-state index is 3.69. The van der Waals surface area contributed by atoms with Gasteiger partial charge in [0.2, 0.25) is 0 Å². The lowest BCUT2D eigenvalue weighted by atomic mass is 9.94. The molecule has 0 amide bonds. The topological polar surface area (TPSA) is 12.0 Å². The maximum atomic E-state index is 3.69. The Kier molecular flexibility index (Phi) is 3.83. The highest BCUT2D eigenvalue weighted by Crippen LogP contribution is 2.33. The van der Waals surface area contributed by atoms with Crippen molar-refractivity contribution in [2.75, 3.05) is 0 Å². The third-order valence-electron chi connectivity index (χ3n) is 3.49. The van der Waals surface area contributed by atoms with Crippen LogP contribution in [0.3, 0.4) is 0 Å². The highest BCUT2D eigenvalue weighted by Gasteiger charge is 2.20. The molecular formula is C15H16BrNS. The van der Waals surface area contributed by atoms with Crippen LogP contribution in [0.5, 0.6) is 0 Å². The van der Waals surface area contributed by atoms with Crippen LogP contribution in [-0.4, -0.2) is 0 Å². The largest absolute Gasteiger partial charge is 0.306 e. The summed E-state index contributed by atoms with van der Waals surface area (Å²) in [5.74, 6) is 0. The smallest absolute Gasteiger partial charge is 0.0334 e. The lowest BCUT2D eigenvalue weighted by molar-refractivity contribution is 0.463. The molecule has 0 radical (unpaired) electrons. The Morgan fingerprint density at radius 3 is 3.17 bits per heavy atom. The van der Waals surface area contributed by atoms with Crippen LogP contribution in [0.25, 0.3) is 0 Å². The number of hydrogen-bond acceptors (Lipinski definition) is 2. The Hall–Kier alpha value is -0.640. The minimum Gasteiger partial charge on any atom is -0.306 e. The summed E-state index contributed by atoms with van der Waals surface area (Å²) in [6.45, 7) is 0.944. The van der Waals surface area contributed by atoms with E-state index >= 15 is 0 Å². The molecule has 1 unspecified atom stereocenters. The van der Waals surface area contributed by atoms with Crippen LogP contribution in [0, 0.1) is 0 Å². The summed E-state index contributed by atoms with van der Waals surface area (Å²) in [6, 6.07) is 11.4. The first-order valence-corrected chi connectivity index (χ1v) is 8.04. The molecule has 1 aromatic carbocycles. The van der Waals surface area contributed by atoms with Crippen molar-refractivity contribution in [3.05, 3.63) is 56.2 Å². The Balaban J connectivity index is 1.68. The summed E-state index contributed by atoms with van der Waals surface area (Å²) >= 11 is 5.43. The van der Waals surface area contributed by atoms with Gasteiger partial charge in [0.1, 0.15) is 0 Å². The zero-order valence-electron chi connectivity index (χ0n) is 10.2. The zero-order valence-corrected chi connectivity index (χ0v) is 12.6. The van der Waals surface area contributed by atoms with Crippen LogP contribution in [0.1, 0.15) is 34.9 Å². The van der Waals surface area contributed by atoms with Gasteiger partial charge in [-0.15, -0.1) is 11.3 Å². The number of nitrogens with one attached hydrogen (secondary N) is 1. The van der Waals surface area contributed by atoms with E-state index in [1.807, 2.05) is 11.3 Å². The molecule has 0 bridgehead atoms. The number of thiophene rings is 1. The van der Waals surface area contributed by atoms with E-state index in [0.29, 0.717) is 6.04 Å². The van der Waals surface area contributed by atoms with Crippen molar-refractivity contribution in [3.63, 3.8) is 0 Å². The molecule has 3 rings (SSSR count). The summed E-state index contributed by atoms with van der Waals surface area (Å²) in [4.78, 5) is 1.58. The van der Waals surface area contributed by atoms with Gasteiger partial charge >= 0.3 is 0 Å². The molecule has 0 saturated carbocycles. The Morgan fingerprint density at radius 2 is 2.28 bits per heavy atom. The lowest BCUT2D eigenvalue weighted by Crippen LogP contribution is -2.23. The Bertz CT molecular complexity index is 535. The fraction of sp³-hybridized carbons (Fsp3) is 0.333. The molecule has 2 aromatic rings. The van der Waals surface area contributed by atoms with Crippen molar-refractivity contribution in [1.29, 1.82) is 0 Å². The van der Waals surface area contributed by atoms with Gasteiger partial charge in [0, 0.05) is 21.9 Å². The fourth-order valence-electron chi connectivity index (χ4n) is 2.59. The van der Waals surface area contributed by atoms with Crippen molar-refractivity contribution in [2.24, 2.45) is 0 Å². The number of fused-ring (bicyclic) bond motifs is 1. The standard InChI is InChI=1S/C15H16BrNS/c16-12-4-1-3-11(9-12)10-17-14-5-2-6-15-13(14)7-8-18-15/h1,3-4,7-9,14,17H,2,5-6,10H2. The second-order valence-corrected chi connectivity index (χ2v) is 6.67. The summed E-state index contributed by atoms with van der Waals surface area (Å²) in [5.41, 5.74) is 2.87. The predicted molar refractivity (Wildman–Crippen MR) is 81.0 cm³/mol. The molecular weight excluding hydrogens is 306 g/mol. The molecule has 0 spiro atoms. The van der Waals surface area contributed by atoms with Crippen molar-refractivity contribution >= 4 is 27.3 Å². The first-order valence-electron chi connectivity index (χ1n) is 6.37. The third kappa shape index (κ3) is 2.68. The zero-order chi connectivity index (χ0) is 12.4. The quantitative estimate of drug-likeness (QED) is 0.865. The summed E-state index contributed by atoms with van der Waals surface area (Å²) < 4.78 is 1.15. The second kappa shape index (κ2) is 5.55. The third-order valence-corrected chi connectivity index (χ3v) is 4.98. The number of halogens is 1. The average Bonchev–Trinajstić information content (AvgIpc) is 2.85. The SMILES string of the molecule is Brc1cccc(CNC2CCCc3sccc32)c1.